The van der Waals surface area contributed by atoms with E-state index in [-0.39, 0.29) is 11.8 Å². The molecule has 0 bridgehead atoms. The SMILES string of the molecule is CC(C)C1(O)CN(C(=O)c2cnccc2Cl)C1. The summed E-state index contributed by atoms with van der Waals surface area (Å²) in [5, 5.41) is 10.5. The van der Waals surface area contributed by atoms with Crippen LogP contribution in [0.3, 0.4) is 0 Å². The lowest BCUT2D eigenvalue weighted by Gasteiger charge is -2.49. The number of aliphatic hydroxyl groups is 1. The van der Waals surface area contributed by atoms with Crippen LogP contribution in [-0.4, -0.2) is 39.6 Å². The summed E-state index contributed by atoms with van der Waals surface area (Å²) in [5.41, 5.74) is -0.371. The molecule has 5 heteroatoms. The van der Waals surface area contributed by atoms with Gasteiger partial charge in [0.2, 0.25) is 0 Å². The first-order valence-electron chi connectivity index (χ1n) is 5.55. The zero-order valence-electron chi connectivity index (χ0n) is 9.85. The molecule has 4 nitrogen and oxygen atoms in total. The monoisotopic (exact) mass is 254 g/mol. The highest BCUT2D eigenvalue weighted by Crippen LogP contribution is 2.30. The fourth-order valence-electron chi connectivity index (χ4n) is 1.83. The maximum absolute atomic E-state index is 12.0. The molecule has 1 aromatic rings. The van der Waals surface area contributed by atoms with Gasteiger partial charge in [0.25, 0.3) is 5.91 Å². The van der Waals surface area contributed by atoms with Crippen molar-refractivity contribution in [3.63, 3.8) is 0 Å². The van der Waals surface area contributed by atoms with E-state index in [4.69, 9.17) is 11.6 Å². The molecule has 1 aliphatic heterocycles. The Kier molecular flexibility index (Phi) is 3.10. The Morgan fingerprint density at radius 3 is 2.76 bits per heavy atom. The van der Waals surface area contributed by atoms with E-state index in [0.29, 0.717) is 23.7 Å². The molecule has 0 aliphatic carbocycles. The van der Waals surface area contributed by atoms with E-state index in [1.165, 1.54) is 6.20 Å². The summed E-state index contributed by atoms with van der Waals surface area (Å²) < 4.78 is 0. The molecule has 1 fully saturated rings. The lowest BCUT2D eigenvalue weighted by molar-refractivity contribution is -0.110. The molecule has 1 aromatic heterocycles. The predicted octanol–water partition coefficient (Wildman–Crippen LogP) is 1.58. The van der Waals surface area contributed by atoms with Gasteiger partial charge in [-0.25, -0.2) is 0 Å². The molecule has 0 atom stereocenters. The van der Waals surface area contributed by atoms with E-state index < -0.39 is 5.60 Å². The number of amides is 1. The van der Waals surface area contributed by atoms with Crippen LogP contribution in [0.25, 0.3) is 0 Å². The van der Waals surface area contributed by atoms with Crippen molar-refractivity contribution in [3.05, 3.63) is 29.0 Å². The van der Waals surface area contributed by atoms with Crippen LogP contribution < -0.4 is 0 Å². The minimum Gasteiger partial charge on any atom is -0.386 e. The van der Waals surface area contributed by atoms with Crippen molar-refractivity contribution in [2.24, 2.45) is 5.92 Å². The minimum absolute atomic E-state index is 0.135. The molecule has 17 heavy (non-hydrogen) atoms. The van der Waals surface area contributed by atoms with Crippen LogP contribution in [0.5, 0.6) is 0 Å². The number of β-amino-alcohol motifs (C(OH)–C–C–N with tert-alkyl or cyclic N) is 1. The number of carbonyl (C=O) groups excluding carboxylic acids is 1. The van der Waals surface area contributed by atoms with Crippen molar-refractivity contribution >= 4 is 17.5 Å². The van der Waals surface area contributed by atoms with Gasteiger partial charge in [-0.15, -0.1) is 0 Å². The number of rotatable bonds is 2. The van der Waals surface area contributed by atoms with Crippen molar-refractivity contribution in [2.75, 3.05) is 13.1 Å². The van der Waals surface area contributed by atoms with Crippen LogP contribution in [0, 0.1) is 5.92 Å². The molecule has 0 spiro atoms. The molecule has 2 heterocycles. The van der Waals surface area contributed by atoms with Gasteiger partial charge in [0.05, 0.1) is 23.7 Å². The minimum atomic E-state index is -0.760. The molecule has 1 amide bonds. The Hall–Kier alpha value is -1.13. The number of hydrogen-bond donors (Lipinski definition) is 1. The van der Waals surface area contributed by atoms with Gasteiger partial charge < -0.3 is 10.0 Å². The molecule has 1 N–H and O–H groups in total. The third kappa shape index (κ3) is 2.15. The van der Waals surface area contributed by atoms with Crippen molar-refractivity contribution in [1.82, 2.24) is 9.88 Å². The smallest absolute Gasteiger partial charge is 0.257 e. The van der Waals surface area contributed by atoms with Gasteiger partial charge in [-0.3, -0.25) is 9.78 Å². The third-order valence-corrected chi connectivity index (χ3v) is 3.62. The molecule has 1 saturated heterocycles. The summed E-state index contributed by atoms with van der Waals surface area (Å²) in [4.78, 5) is 17.5. The van der Waals surface area contributed by atoms with Gasteiger partial charge in [-0.05, 0) is 12.0 Å². The van der Waals surface area contributed by atoms with Crippen LogP contribution >= 0.6 is 11.6 Å². The molecule has 0 aromatic carbocycles. The van der Waals surface area contributed by atoms with E-state index in [1.807, 2.05) is 13.8 Å². The predicted molar refractivity (Wildman–Crippen MR) is 64.9 cm³/mol. The second kappa shape index (κ2) is 4.27. The van der Waals surface area contributed by atoms with Gasteiger partial charge in [0, 0.05) is 12.4 Å². The van der Waals surface area contributed by atoms with Gasteiger partial charge in [0.15, 0.2) is 0 Å². The van der Waals surface area contributed by atoms with Crippen LogP contribution in [0.4, 0.5) is 0 Å². The highest BCUT2D eigenvalue weighted by Gasteiger charge is 2.46. The summed E-state index contributed by atoms with van der Waals surface area (Å²) in [6.45, 7) is 4.60. The molecule has 1 aliphatic rings. The van der Waals surface area contributed by atoms with Crippen molar-refractivity contribution in [3.8, 4) is 0 Å². The Bertz CT molecular complexity index is 442. The van der Waals surface area contributed by atoms with Crippen LogP contribution in [0.1, 0.15) is 24.2 Å². The summed E-state index contributed by atoms with van der Waals surface area (Å²) in [5.74, 6) is -0.0376. The lowest BCUT2D eigenvalue weighted by Crippen LogP contribution is -2.66. The molecule has 0 saturated carbocycles. The maximum atomic E-state index is 12.0. The van der Waals surface area contributed by atoms with Crippen molar-refractivity contribution in [1.29, 1.82) is 0 Å². The normalized spacial score (nSPS) is 18.1. The first-order chi connectivity index (χ1) is 7.94. The van der Waals surface area contributed by atoms with E-state index in [1.54, 1.807) is 17.2 Å². The molecular formula is C12H15ClN2O2. The Morgan fingerprint density at radius 1 is 1.59 bits per heavy atom. The summed E-state index contributed by atoms with van der Waals surface area (Å²) in [6.07, 6.45) is 3.00. The van der Waals surface area contributed by atoms with Crippen LogP contribution in [0.15, 0.2) is 18.5 Å². The third-order valence-electron chi connectivity index (χ3n) is 3.29. The van der Waals surface area contributed by atoms with Gasteiger partial charge in [0.1, 0.15) is 5.60 Å². The number of pyridine rings is 1. The number of halogens is 1. The maximum Gasteiger partial charge on any atom is 0.257 e. The highest BCUT2D eigenvalue weighted by molar-refractivity contribution is 6.33. The van der Waals surface area contributed by atoms with Crippen molar-refractivity contribution in [2.45, 2.75) is 19.4 Å². The molecular weight excluding hydrogens is 240 g/mol. The molecule has 0 unspecified atom stereocenters. The summed E-state index contributed by atoms with van der Waals surface area (Å²) >= 11 is 5.93. The topological polar surface area (TPSA) is 53.4 Å². The van der Waals surface area contributed by atoms with Crippen LogP contribution in [-0.2, 0) is 0 Å². The summed E-state index contributed by atoms with van der Waals surface area (Å²) in [6, 6.07) is 1.59. The Labute approximate surface area is 105 Å². The van der Waals surface area contributed by atoms with Gasteiger partial charge >= 0.3 is 0 Å². The lowest BCUT2D eigenvalue weighted by atomic mass is 9.83. The number of aromatic nitrogens is 1. The fourth-order valence-corrected chi connectivity index (χ4v) is 2.01. The standard InChI is InChI=1S/C12H15ClN2O2/c1-8(2)12(17)6-15(7-12)11(16)9-5-14-4-3-10(9)13/h3-5,8,17H,6-7H2,1-2H3. The largest absolute Gasteiger partial charge is 0.386 e. The molecule has 92 valence electrons. The molecule has 0 radical (unpaired) electrons. The van der Waals surface area contributed by atoms with Crippen molar-refractivity contribution < 1.29 is 9.90 Å². The van der Waals surface area contributed by atoms with E-state index in [2.05, 4.69) is 4.98 Å². The average Bonchev–Trinajstić information content (AvgIpc) is 2.24. The second-order valence-electron chi connectivity index (χ2n) is 4.78. The van der Waals surface area contributed by atoms with E-state index >= 15 is 0 Å². The zero-order chi connectivity index (χ0) is 12.6. The van der Waals surface area contributed by atoms with Crippen LogP contribution in [0.2, 0.25) is 5.02 Å². The zero-order valence-corrected chi connectivity index (χ0v) is 10.6. The Morgan fingerprint density at radius 2 is 2.24 bits per heavy atom. The number of likely N-dealkylation sites (tertiary alicyclic amines) is 1. The number of hydrogen-bond acceptors (Lipinski definition) is 3. The van der Waals surface area contributed by atoms with Gasteiger partial charge in [-0.2, -0.15) is 0 Å². The van der Waals surface area contributed by atoms with E-state index in [0.717, 1.165) is 0 Å². The molecule has 2 rings (SSSR count). The fraction of sp³-hybridized carbons (Fsp3) is 0.500. The summed E-state index contributed by atoms with van der Waals surface area (Å²) in [7, 11) is 0. The first kappa shape index (κ1) is 12.3. The number of nitrogens with zero attached hydrogens (tertiary/aromatic N) is 2. The average molecular weight is 255 g/mol. The van der Waals surface area contributed by atoms with Gasteiger partial charge in [-0.1, -0.05) is 25.4 Å². The second-order valence-corrected chi connectivity index (χ2v) is 5.18. The highest BCUT2D eigenvalue weighted by atomic mass is 35.5. The first-order valence-corrected chi connectivity index (χ1v) is 5.93. The quantitative estimate of drug-likeness (QED) is 0.872. The Balaban J connectivity index is 2.08. The number of carbonyl (C=O) groups is 1. The van der Waals surface area contributed by atoms with E-state index in [9.17, 15) is 9.90 Å².